The molecule has 2 heteroatoms. The van der Waals surface area contributed by atoms with Gasteiger partial charge in [-0.05, 0) is 35.1 Å². The first-order valence-corrected chi connectivity index (χ1v) is 7.78. The van der Waals surface area contributed by atoms with Crippen LogP contribution in [-0.2, 0) is 21.5 Å². The van der Waals surface area contributed by atoms with E-state index in [0.29, 0.717) is 0 Å². The van der Waals surface area contributed by atoms with Crippen LogP contribution in [0.3, 0.4) is 0 Å². The molecule has 2 atom stereocenters. The summed E-state index contributed by atoms with van der Waals surface area (Å²) in [6.45, 7) is 0. The molecule has 2 aromatic carbocycles. The van der Waals surface area contributed by atoms with Crippen molar-refractivity contribution in [3.8, 4) is 0 Å². The van der Waals surface area contributed by atoms with Crippen molar-refractivity contribution in [3.63, 3.8) is 0 Å². The Morgan fingerprint density at radius 2 is 1.06 bits per heavy atom. The lowest BCUT2D eigenvalue weighted by molar-refractivity contribution is 0.377. The van der Waals surface area contributed by atoms with Gasteiger partial charge in [-0.15, -0.1) is 0 Å². The zero-order valence-electron chi connectivity index (χ0n) is 9.79. The summed E-state index contributed by atoms with van der Waals surface area (Å²) in [5.41, 5.74) is 5.82. The van der Waals surface area contributed by atoms with E-state index >= 15 is 0 Å². The third-order valence-electron chi connectivity index (χ3n) is 4.38. The van der Waals surface area contributed by atoms with Crippen LogP contribution in [0.2, 0.25) is 0 Å². The van der Waals surface area contributed by atoms with Gasteiger partial charge in [0.05, 0.1) is 8.65 Å². The van der Waals surface area contributed by atoms with Crippen molar-refractivity contribution >= 4 is 31.9 Å². The summed E-state index contributed by atoms with van der Waals surface area (Å²) in [4.78, 5) is 0. The number of hydrogen-bond donors (Lipinski definition) is 0. The Morgan fingerprint density at radius 1 is 0.667 bits per heavy atom. The van der Waals surface area contributed by atoms with Crippen molar-refractivity contribution in [1.29, 1.82) is 0 Å². The Kier molecular flexibility index (Phi) is 2.18. The van der Waals surface area contributed by atoms with Crippen LogP contribution in [0.1, 0.15) is 22.3 Å². The molecule has 0 amide bonds. The molecule has 4 rings (SSSR count). The van der Waals surface area contributed by atoms with E-state index in [0.717, 1.165) is 12.8 Å². The summed E-state index contributed by atoms with van der Waals surface area (Å²) in [6, 6.07) is 17.5. The van der Waals surface area contributed by atoms with E-state index in [4.69, 9.17) is 0 Å². The van der Waals surface area contributed by atoms with Crippen LogP contribution in [0.4, 0.5) is 0 Å². The Hall–Kier alpha value is -0.600. The van der Waals surface area contributed by atoms with Crippen LogP contribution in [0.25, 0.3) is 0 Å². The molecule has 0 spiro atoms. The molecule has 0 radical (unpaired) electrons. The van der Waals surface area contributed by atoms with Crippen LogP contribution in [-0.4, -0.2) is 0 Å². The Balaban J connectivity index is 1.84. The summed E-state index contributed by atoms with van der Waals surface area (Å²) < 4.78 is 0.121. The number of rotatable bonds is 1. The number of hydrogen-bond acceptors (Lipinski definition) is 0. The fourth-order valence-electron chi connectivity index (χ4n) is 3.33. The molecule has 0 unspecified atom stereocenters. The lowest BCUT2D eigenvalue weighted by atomic mass is 9.61. The van der Waals surface area contributed by atoms with Crippen LogP contribution in [0.15, 0.2) is 48.5 Å². The summed E-state index contributed by atoms with van der Waals surface area (Å²) in [5.74, 6) is 0. The normalized spacial score (nSPS) is 31.9. The highest BCUT2D eigenvalue weighted by Gasteiger charge is 2.60. The average Bonchev–Trinajstić information content (AvgIpc) is 2.36. The van der Waals surface area contributed by atoms with Crippen molar-refractivity contribution in [3.05, 3.63) is 70.8 Å². The number of alkyl halides is 2. The number of benzene rings is 2. The molecule has 0 nitrogen and oxygen atoms in total. The fourth-order valence-corrected chi connectivity index (χ4v) is 5.42. The molecule has 0 aromatic heterocycles. The topological polar surface area (TPSA) is 0 Å². The minimum atomic E-state index is 0.0605. The second-order valence-electron chi connectivity index (χ2n) is 5.27. The van der Waals surface area contributed by atoms with Gasteiger partial charge in [-0.3, -0.25) is 0 Å². The largest absolute Gasteiger partial charge is 0.0778 e. The molecule has 0 N–H and O–H groups in total. The van der Waals surface area contributed by atoms with E-state index in [1.807, 2.05) is 0 Å². The molecule has 2 aromatic rings. The van der Waals surface area contributed by atoms with Crippen LogP contribution < -0.4 is 0 Å². The van der Waals surface area contributed by atoms with Gasteiger partial charge >= 0.3 is 0 Å². The summed E-state index contributed by atoms with van der Waals surface area (Å²) in [7, 11) is 0. The lowest BCUT2D eigenvalue weighted by Crippen LogP contribution is -2.54. The second-order valence-corrected chi connectivity index (χ2v) is 7.98. The minimum absolute atomic E-state index is 0.0605. The predicted octanol–water partition coefficient (Wildman–Crippen LogP) is 4.68. The first kappa shape index (κ1) is 11.2. The van der Waals surface area contributed by atoms with Gasteiger partial charge < -0.3 is 0 Å². The van der Waals surface area contributed by atoms with E-state index in [1.54, 1.807) is 0 Å². The number of fused-ring (bicyclic) bond motifs is 2. The second kappa shape index (κ2) is 3.49. The molecule has 2 aliphatic rings. The van der Waals surface area contributed by atoms with Crippen molar-refractivity contribution in [2.45, 2.75) is 21.5 Å². The Bertz CT molecular complexity index is 592. The summed E-state index contributed by atoms with van der Waals surface area (Å²) in [6.07, 6.45) is 2.20. The van der Waals surface area contributed by atoms with E-state index < -0.39 is 0 Å². The van der Waals surface area contributed by atoms with Gasteiger partial charge in [-0.2, -0.15) is 0 Å². The van der Waals surface area contributed by atoms with Crippen molar-refractivity contribution in [2.24, 2.45) is 0 Å². The van der Waals surface area contributed by atoms with Gasteiger partial charge in [0.25, 0.3) is 0 Å². The SMILES string of the molecule is Br[C@]1([C@]2(Br)Cc3ccccc32)Cc2ccccc21. The Labute approximate surface area is 124 Å². The van der Waals surface area contributed by atoms with Gasteiger partial charge in [0.1, 0.15) is 0 Å². The molecule has 2 aliphatic carbocycles. The number of halogens is 2. The maximum absolute atomic E-state index is 4.02. The molecule has 0 saturated carbocycles. The first-order valence-electron chi connectivity index (χ1n) is 6.20. The monoisotopic (exact) mass is 362 g/mol. The third-order valence-corrected chi connectivity index (χ3v) is 7.69. The maximum Gasteiger partial charge on any atom is 0.0745 e. The third kappa shape index (κ3) is 1.16. The fraction of sp³-hybridized carbons (Fsp3) is 0.250. The van der Waals surface area contributed by atoms with Gasteiger partial charge in [0, 0.05) is 0 Å². The van der Waals surface area contributed by atoms with Crippen molar-refractivity contribution < 1.29 is 0 Å². The molecule has 0 fully saturated rings. The zero-order chi connectivity index (χ0) is 12.4. The Morgan fingerprint density at radius 3 is 1.44 bits per heavy atom. The van der Waals surface area contributed by atoms with E-state index in [-0.39, 0.29) is 8.65 Å². The smallest absolute Gasteiger partial charge is 0.0745 e. The first-order chi connectivity index (χ1) is 8.65. The lowest BCUT2D eigenvalue weighted by Gasteiger charge is -2.56. The van der Waals surface area contributed by atoms with Gasteiger partial charge in [-0.25, -0.2) is 0 Å². The van der Waals surface area contributed by atoms with E-state index in [2.05, 4.69) is 80.4 Å². The van der Waals surface area contributed by atoms with Gasteiger partial charge in [0.2, 0.25) is 0 Å². The van der Waals surface area contributed by atoms with Crippen LogP contribution >= 0.6 is 31.9 Å². The van der Waals surface area contributed by atoms with E-state index in [9.17, 15) is 0 Å². The average molecular weight is 364 g/mol. The standard InChI is InChI=1S/C16H12Br2/c17-15(9-11-5-1-3-7-13(11)15)16(18)10-12-6-2-4-8-14(12)16/h1-8H,9-10H2/t15-,16+. The van der Waals surface area contributed by atoms with Gasteiger partial charge in [0.15, 0.2) is 0 Å². The molecule has 90 valence electrons. The van der Waals surface area contributed by atoms with Crippen molar-refractivity contribution in [1.82, 2.24) is 0 Å². The predicted molar refractivity (Wildman–Crippen MR) is 81.5 cm³/mol. The summed E-state index contributed by atoms with van der Waals surface area (Å²) in [5, 5.41) is 0. The van der Waals surface area contributed by atoms with Crippen LogP contribution in [0, 0.1) is 0 Å². The molecule has 0 bridgehead atoms. The zero-order valence-corrected chi connectivity index (χ0v) is 13.0. The molecule has 0 aliphatic heterocycles. The van der Waals surface area contributed by atoms with E-state index in [1.165, 1.54) is 22.3 Å². The molecular weight excluding hydrogens is 352 g/mol. The molecular formula is C16H12Br2. The summed E-state index contributed by atoms with van der Waals surface area (Å²) >= 11 is 8.04. The van der Waals surface area contributed by atoms with Crippen molar-refractivity contribution in [2.75, 3.05) is 0 Å². The molecule has 0 saturated heterocycles. The highest BCUT2D eigenvalue weighted by Crippen LogP contribution is 2.66. The van der Waals surface area contributed by atoms with Crippen LogP contribution in [0.5, 0.6) is 0 Å². The van der Waals surface area contributed by atoms with Gasteiger partial charge in [-0.1, -0.05) is 80.4 Å². The quantitative estimate of drug-likeness (QED) is 0.645. The highest BCUT2D eigenvalue weighted by molar-refractivity contribution is 9.12. The highest BCUT2D eigenvalue weighted by atomic mass is 79.9. The minimum Gasteiger partial charge on any atom is -0.0778 e. The molecule has 18 heavy (non-hydrogen) atoms. The molecule has 0 heterocycles. The maximum atomic E-state index is 4.02.